The van der Waals surface area contributed by atoms with Crippen molar-refractivity contribution in [3.8, 4) is 0 Å². The second kappa shape index (κ2) is 6.31. The van der Waals surface area contributed by atoms with E-state index in [-0.39, 0.29) is 42.2 Å². The van der Waals surface area contributed by atoms with Crippen LogP contribution in [0.25, 0.3) is 0 Å². The minimum atomic E-state index is -1.53. The van der Waals surface area contributed by atoms with E-state index < -0.39 is 22.4 Å². The van der Waals surface area contributed by atoms with Gasteiger partial charge in [-0.25, -0.2) is 0 Å². The van der Waals surface area contributed by atoms with Crippen LogP contribution in [0, 0.1) is 35.0 Å². The first-order chi connectivity index (χ1) is 14.0. The van der Waals surface area contributed by atoms with Crippen LogP contribution in [0.1, 0.15) is 66.2 Å². The molecular formula is C24H37NO5. The average Bonchev–Trinajstić information content (AvgIpc) is 3.09. The van der Waals surface area contributed by atoms with Gasteiger partial charge >= 0.3 is 0 Å². The molecule has 30 heavy (non-hydrogen) atoms. The molecule has 2 spiro atoms. The van der Waals surface area contributed by atoms with Crippen molar-refractivity contribution in [2.75, 3.05) is 6.61 Å². The summed E-state index contributed by atoms with van der Waals surface area (Å²) in [5.74, 6) is -2.14. The molecule has 3 aliphatic heterocycles. The molecule has 5 aliphatic rings. The quantitative estimate of drug-likeness (QED) is 0.525. The summed E-state index contributed by atoms with van der Waals surface area (Å²) in [5.41, 5.74) is -1.80. The summed E-state index contributed by atoms with van der Waals surface area (Å²) in [6.45, 7) is 8.16. The maximum atomic E-state index is 13.8. The standard InChI is InChI=1S/C24H37NO5/c1-13(2)10-17-18-14(3)15(12-26)11-16-19-21(4,28)6-5-7-22(19)8-9-23(29,30-22)24(16,18)20(27)25-17/h11,13-14,16-19,26,28-29H,5-10,12H2,1-4H3,(H,25,27)/t14-,16-,17+,18+,19+,21-,22-,23+,24-/m1/s1. The summed E-state index contributed by atoms with van der Waals surface area (Å²) in [5, 5.41) is 37.0. The number of rotatable bonds is 3. The predicted octanol–water partition coefficient (Wildman–Crippen LogP) is 2.12. The first-order valence-corrected chi connectivity index (χ1v) is 11.8. The molecule has 5 rings (SSSR count). The molecular weight excluding hydrogens is 382 g/mol. The molecule has 0 aromatic rings. The summed E-state index contributed by atoms with van der Waals surface area (Å²) >= 11 is 0. The number of hydrogen-bond donors (Lipinski definition) is 4. The number of aliphatic hydroxyl groups is 3. The largest absolute Gasteiger partial charge is 0.392 e. The lowest BCUT2D eigenvalue weighted by atomic mass is 9.46. The Balaban J connectivity index is 1.76. The summed E-state index contributed by atoms with van der Waals surface area (Å²) in [6, 6.07) is -0.0838. The first kappa shape index (κ1) is 20.9. The number of carbonyl (C=O) groups is 1. The minimum absolute atomic E-state index is 0.0526. The maximum absolute atomic E-state index is 13.8. The molecule has 1 saturated carbocycles. The molecule has 9 atom stereocenters. The highest BCUT2D eigenvalue weighted by molar-refractivity contribution is 5.89. The third-order valence-electron chi connectivity index (χ3n) is 9.39. The number of allylic oxidation sites excluding steroid dienone is 1. The van der Waals surface area contributed by atoms with Crippen LogP contribution >= 0.6 is 0 Å². The summed E-state index contributed by atoms with van der Waals surface area (Å²) in [7, 11) is 0. The van der Waals surface area contributed by atoms with Crippen molar-refractivity contribution in [3.05, 3.63) is 11.6 Å². The number of carbonyl (C=O) groups excluding carboxylic acids is 1. The molecule has 4 fully saturated rings. The van der Waals surface area contributed by atoms with Gasteiger partial charge in [0.25, 0.3) is 0 Å². The van der Waals surface area contributed by atoms with E-state index in [4.69, 9.17) is 4.74 Å². The monoisotopic (exact) mass is 419 g/mol. The van der Waals surface area contributed by atoms with Crippen molar-refractivity contribution in [2.24, 2.45) is 35.0 Å². The molecule has 4 N–H and O–H groups in total. The molecule has 0 radical (unpaired) electrons. The third kappa shape index (κ3) is 2.31. The van der Waals surface area contributed by atoms with Gasteiger partial charge in [0, 0.05) is 30.2 Å². The number of fused-ring (bicyclic) bond motifs is 2. The number of hydrogen-bond acceptors (Lipinski definition) is 5. The van der Waals surface area contributed by atoms with E-state index in [0.717, 1.165) is 24.8 Å². The van der Waals surface area contributed by atoms with E-state index >= 15 is 0 Å². The Kier molecular flexibility index (Phi) is 4.40. The number of aliphatic hydroxyl groups excluding tert-OH is 1. The van der Waals surface area contributed by atoms with Crippen molar-refractivity contribution in [1.82, 2.24) is 5.32 Å². The highest BCUT2D eigenvalue weighted by atomic mass is 16.7. The fraction of sp³-hybridized carbons (Fsp3) is 0.875. The van der Waals surface area contributed by atoms with Crippen LogP contribution in [0.4, 0.5) is 0 Å². The molecule has 0 unspecified atom stereocenters. The maximum Gasteiger partial charge on any atom is 0.232 e. The second-order valence-corrected chi connectivity index (χ2v) is 11.5. The summed E-state index contributed by atoms with van der Waals surface area (Å²) in [4.78, 5) is 13.8. The van der Waals surface area contributed by atoms with E-state index in [0.29, 0.717) is 25.2 Å². The Morgan fingerprint density at radius 1 is 1.23 bits per heavy atom. The van der Waals surface area contributed by atoms with E-state index in [2.05, 4.69) is 26.1 Å². The zero-order valence-electron chi connectivity index (χ0n) is 18.6. The van der Waals surface area contributed by atoms with Crippen LogP contribution in [0.3, 0.4) is 0 Å². The Morgan fingerprint density at radius 2 is 1.97 bits per heavy atom. The molecule has 3 saturated heterocycles. The normalized spacial score (nSPS) is 54.3. The van der Waals surface area contributed by atoms with Crippen LogP contribution in [-0.4, -0.2) is 50.9 Å². The Hall–Kier alpha value is -0.950. The van der Waals surface area contributed by atoms with Gasteiger partial charge < -0.3 is 25.4 Å². The van der Waals surface area contributed by atoms with Gasteiger partial charge in [-0.1, -0.05) is 26.8 Å². The zero-order valence-corrected chi connectivity index (χ0v) is 18.6. The highest BCUT2D eigenvalue weighted by Crippen LogP contribution is 2.72. The van der Waals surface area contributed by atoms with Gasteiger partial charge in [-0.3, -0.25) is 4.79 Å². The summed E-state index contributed by atoms with van der Waals surface area (Å²) in [6.07, 6.45) is 6.23. The Morgan fingerprint density at radius 3 is 2.63 bits per heavy atom. The van der Waals surface area contributed by atoms with Gasteiger partial charge in [-0.05, 0) is 56.4 Å². The van der Waals surface area contributed by atoms with Gasteiger partial charge in [0.1, 0.15) is 5.41 Å². The van der Waals surface area contributed by atoms with Crippen LogP contribution in [0.2, 0.25) is 0 Å². The molecule has 1 amide bonds. The van der Waals surface area contributed by atoms with Gasteiger partial charge in [0.05, 0.1) is 17.8 Å². The van der Waals surface area contributed by atoms with Gasteiger partial charge in [-0.2, -0.15) is 0 Å². The number of nitrogens with one attached hydrogen (secondary N) is 1. The fourth-order valence-electron chi connectivity index (χ4n) is 8.52. The van der Waals surface area contributed by atoms with E-state index in [9.17, 15) is 20.1 Å². The van der Waals surface area contributed by atoms with Gasteiger partial charge in [0.2, 0.25) is 5.91 Å². The lowest BCUT2D eigenvalue weighted by Gasteiger charge is -2.64. The Labute approximate surface area is 179 Å². The molecule has 6 heteroatoms. The predicted molar refractivity (Wildman–Crippen MR) is 111 cm³/mol. The Bertz CT molecular complexity index is 792. The van der Waals surface area contributed by atoms with E-state index in [1.54, 1.807) is 0 Å². The van der Waals surface area contributed by atoms with Gasteiger partial charge in [0.15, 0.2) is 5.79 Å². The number of amides is 1. The van der Waals surface area contributed by atoms with Crippen molar-refractivity contribution in [3.63, 3.8) is 0 Å². The fourth-order valence-corrected chi connectivity index (χ4v) is 8.52. The van der Waals surface area contributed by atoms with Crippen LogP contribution < -0.4 is 5.32 Å². The minimum Gasteiger partial charge on any atom is -0.392 e. The first-order valence-electron chi connectivity index (χ1n) is 11.8. The third-order valence-corrected chi connectivity index (χ3v) is 9.39. The lowest BCUT2D eigenvalue weighted by Crippen LogP contribution is -2.73. The molecule has 3 heterocycles. The molecule has 6 nitrogen and oxygen atoms in total. The molecule has 2 aliphatic carbocycles. The molecule has 0 aromatic carbocycles. The second-order valence-electron chi connectivity index (χ2n) is 11.5. The molecule has 168 valence electrons. The SMILES string of the molecule is CC(C)C[C@@H]1NC(=O)[C@]23[C@H]1[C@H](C)C(CO)=C[C@@H]2[C@@H]1[C@@]2(CCC[C@@]1(C)O)CC[C@]3(O)O2. The van der Waals surface area contributed by atoms with Gasteiger partial charge in [-0.15, -0.1) is 0 Å². The van der Waals surface area contributed by atoms with Crippen LogP contribution in [0.15, 0.2) is 11.6 Å². The van der Waals surface area contributed by atoms with Crippen molar-refractivity contribution >= 4 is 5.91 Å². The van der Waals surface area contributed by atoms with Crippen molar-refractivity contribution in [2.45, 2.75) is 89.3 Å². The number of ether oxygens (including phenoxy) is 1. The van der Waals surface area contributed by atoms with Crippen LogP contribution in [-0.2, 0) is 9.53 Å². The highest BCUT2D eigenvalue weighted by Gasteiger charge is 2.81. The summed E-state index contributed by atoms with van der Waals surface area (Å²) < 4.78 is 6.57. The molecule has 0 aromatic heterocycles. The zero-order chi connectivity index (χ0) is 21.7. The van der Waals surface area contributed by atoms with Crippen molar-refractivity contribution < 1.29 is 24.9 Å². The van der Waals surface area contributed by atoms with Crippen LogP contribution in [0.5, 0.6) is 0 Å². The van der Waals surface area contributed by atoms with E-state index in [1.165, 1.54) is 0 Å². The lowest BCUT2D eigenvalue weighted by molar-refractivity contribution is -0.365. The molecule has 2 bridgehead atoms. The average molecular weight is 420 g/mol. The van der Waals surface area contributed by atoms with Crippen molar-refractivity contribution in [1.29, 1.82) is 0 Å². The topological polar surface area (TPSA) is 99.0 Å². The smallest absolute Gasteiger partial charge is 0.232 e. The van der Waals surface area contributed by atoms with E-state index in [1.807, 2.05) is 13.0 Å².